The van der Waals surface area contributed by atoms with E-state index < -0.39 is 0 Å². The fraction of sp³-hybridized carbons (Fsp3) is 0. The van der Waals surface area contributed by atoms with Crippen LogP contribution in [0.4, 0.5) is 0 Å². The van der Waals surface area contributed by atoms with Gasteiger partial charge in [0.1, 0.15) is 11.2 Å². The second-order valence-electron chi connectivity index (χ2n) is 12.4. The lowest BCUT2D eigenvalue weighted by atomic mass is 9.96. The van der Waals surface area contributed by atoms with Crippen molar-refractivity contribution in [1.29, 1.82) is 0 Å². The van der Waals surface area contributed by atoms with E-state index in [1.165, 1.54) is 20.2 Å². The van der Waals surface area contributed by atoms with Crippen LogP contribution in [-0.4, -0.2) is 15.0 Å². The molecule has 0 fully saturated rings. The average molecular weight is 658 g/mol. The lowest BCUT2D eigenvalue weighted by molar-refractivity contribution is 0.670. The Labute approximate surface area is 292 Å². The molecule has 6 aromatic carbocycles. The van der Waals surface area contributed by atoms with Crippen LogP contribution in [0.2, 0.25) is 0 Å². The monoisotopic (exact) mass is 657 g/mol. The van der Waals surface area contributed by atoms with Gasteiger partial charge < -0.3 is 4.42 Å². The highest BCUT2D eigenvalue weighted by molar-refractivity contribution is 7.25. The molecule has 10 rings (SSSR count). The highest BCUT2D eigenvalue weighted by Crippen LogP contribution is 2.43. The summed E-state index contributed by atoms with van der Waals surface area (Å²) in [5.74, 6) is 0.653. The van der Waals surface area contributed by atoms with Gasteiger partial charge in [0.05, 0.1) is 11.4 Å². The van der Waals surface area contributed by atoms with E-state index in [4.69, 9.17) is 14.4 Å². The Morgan fingerprint density at radius 3 is 1.94 bits per heavy atom. The Bertz CT molecular complexity index is 2860. The molecule has 0 radical (unpaired) electrons. The number of pyridine rings is 1. The number of furan rings is 1. The van der Waals surface area contributed by atoms with E-state index in [-0.39, 0.29) is 0 Å². The zero-order chi connectivity index (χ0) is 33.0. The number of benzene rings is 6. The number of fused-ring (bicyclic) bond motifs is 6. The average Bonchev–Trinajstić information content (AvgIpc) is 3.77. The molecule has 0 bridgehead atoms. The molecular formula is C45H27N3OS. The van der Waals surface area contributed by atoms with Crippen LogP contribution in [0.25, 0.3) is 98.3 Å². The fourth-order valence-corrected chi connectivity index (χ4v) is 8.06. The quantitative estimate of drug-likeness (QED) is 0.185. The third kappa shape index (κ3) is 4.79. The molecule has 4 aromatic heterocycles. The van der Waals surface area contributed by atoms with Crippen LogP contribution < -0.4 is 0 Å². The second-order valence-corrected chi connectivity index (χ2v) is 13.5. The van der Waals surface area contributed by atoms with Gasteiger partial charge in [-0.15, -0.1) is 11.3 Å². The summed E-state index contributed by atoms with van der Waals surface area (Å²) < 4.78 is 9.28. The lowest BCUT2D eigenvalue weighted by Gasteiger charge is -2.12. The third-order valence-electron chi connectivity index (χ3n) is 9.43. The molecular weight excluding hydrogens is 631 g/mol. The summed E-state index contributed by atoms with van der Waals surface area (Å²) in [6, 6.07) is 52.9. The number of aromatic nitrogens is 3. The molecule has 0 N–H and O–H groups in total. The van der Waals surface area contributed by atoms with Crippen LogP contribution in [-0.2, 0) is 0 Å². The first kappa shape index (κ1) is 28.6. The van der Waals surface area contributed by atoms with Gasteiger partial charge in [0.25, 0.3) is 0 Å². The van der Waals surface area contributed by atoms with Gasteiger partial charge in [-0.25, -0.2) is 9.97 Å². The van der Waals surface area contributed by atoms with Crippen molar-refractivity contribution in [2.24, 2.45) is 0 Å². The Morgan fingerprint density at radius 1 is 0.460 bits per heavy atom. The summed E-state index contributed by atoms with van der Waals surface area (Å²) in [6.45, 7) is 0. The topological polar surface area (TPSA) is 51.8 Å². The standard InChI is InChI=1S/C45H27N3OS/c1-2-9-29(10-3-1)38-26-39(30-18-16-28(17-19-30)32-11-8-24-46-27-32)48-45(47-38)36-22-21-33(44-43(36)35-13-4-6-14-40(35)49-44)31-20-23-42-37(25-31)34-12-5-7-15-41(34)50-42/h1-27H. The largest absolute Gasteiger partial charge is 0.455 e. The third-order valence-corrected chi connectivity index (χ3v) is 10.6. The van der Waals surface area contributed by atoms with Crippen LogP contribution in [0.1, 0.15) is 0 Å². The molecule has 234 valence electrons. The molecule has 0 amide bonds. The normalized spacial score (nSPS) is 11.6. The van der Waals surface area contributed by atoms with Crippen molar-refractivity contribution >= 4 is 53.4 Å². The number of hydrogen-bond donors (Lipinski definition) is 0. The molecule has 5 heteroatoms. The maximum absolute atomic E-state index is 6.71. The van der Waals surface area contributed by atoms with Crippen molar-refractivity contribution < 1.29 is 4.42 Å². The molecule has 4 heterocycles. The minimum atomic E-state index is 0.653. The molecule has 0 saturated carbocycles. The molecule has 0 aliphatic carbocycles. The highest BCUT2D eigenvalue weighted by Gasteiger charge is 2.20. The maximum Gasteiger partial charge on any atom is 0.161 e. The minimum Gasteiger partial charge on any atom is -0.455 e. The molecule has 0 spiro atoms. The van der Waals surface area contributed by atoms with Gasteiger partial charge in [0.15, 0.2) is 5.82 Å². The first-order valence-electron chi connectivity index (χ1n) is 16.6. The van der Waals surface area contributed by atoms with E-state index in [2.05, 4.69) is 120 Å². The van der Waals surface area contributed by atoms with Crippen molar-refractivity contribution in [3.63, 3.8) is 0 Å². The van der Waals surface area contributed by atoms with Crippen LogP contribution in [0.3, 0.4) is 0 Å². The second kappa shape index (κ2) is 11.6. The molecule has 0 aliphatic rings. The predicted octanol–water partition coefficient (Wildman–Crippen LogP) is 12.5. The molecule has 0 saturated heterocycles. The molecule has 0 unspecified atom stereocenters. The zero-order valence-electron chi connectivity index (χ0n) is 26.7. The lowest BCUT2D eigenvalue weighted by Crippen LogP contribution is -1.97. The minimum absolute atomic E-state index is 0.653. The molecule has 0 aliphatic heterocycles. The Hall–Kier alpha value is -6.43. The van der Waals surface area contributed by atoms with Crippen molar-refractivity contribution in [2.75, 3.05) is 0 Å². The van der Waals surface area contributed by atoms with Gasteiger partial charge in [-0.3, -0.25) is 4.98 Å². The van der Waals surface area contributed by atoms with Gasteiger partial charge in [0, 0.05) is 65.6 Å². The van der Waals surface area contributed by atoms with Crippen LogP contribution in [0, 0.1) is 0 Å². The summed E-state index contributed by atoms with van der Waals surface area (Å²) >= 11 is 1.83. The van der Waals surface area contributed by atoms with Crippen molar-refractivity contribution in [2.45, 2.75) is 0 Å². The predicted molar refractivity (Wildman–Crippen MR) is 207 cm³/mol. The maximum atomic E-state index is 6.71. The van der Waals surface area contributed by atoms with Gasteiger partial charge in [-0.1, -0.05) is 103 Å². The highest BCUT2D eigenvalue weighted by atomic mass is 32.1. The zero-order valence-corrected chi connectivity index (χ0v) is 27.6. The van der Waals surface area contributed by atoms with E-state index in [0.29, 0.717) is 5.82 Å². The number of thiophene rings is 1. The van der Waals surface area contributed by atoms with Gasteiger partial charge in [0.2, 0.25) is 0 Å². The van der Waals surface area contributed by atoms with E-state index in [1.54, 1.807) is 6.20 Å². The molecule has 50 heavy (non-hydrogen) atoms. The number of para-hydroxylation sites is 1. The van der Waals surface area contributed by atoms with Crippen LogP contribution >= 0.6 is 11.3 Å². The van der Waals surface area contributed by atoms with Crippen molar-refractivity contribution in [3.8, 4) is 56.2 Å². The Morgan fingerprint density at radius 2 is 1.12 bits per heavy atom. The van der Waals surface area contributed by atoms with Crippen LogP contribution in [0.15, 0.2) is 168 Å². The van der Waals surface area contributed by atoms with E-state index >= 15 is 0 Å². The van der Waals surface area contributed by atoms with Gasteiger partial charge >= 0.3 is 0 Å². The summed E-state index contributed by atoms with van der Waals surface area (Å²) in [4.78, 5) is 14.8. The summed E-state index contributed by atoms with van der Waals surface area (Å²) in [7, 11) is 0. The van der Waals surface area contributed by atoms with E-state index in [1.807, 2.05) is 53.9 Å². The van der Waals surface area contributed by atoms with Crippen molar-refractivity contribution in [1.82, 2.24) is 15.0 Å². The van der Waals surface area contributed by atoms with E-state index in [0.717, 1.165) is 72.3 Å². The smallest absolute Gasteiger partial charge is 0.161 e. The summed E-state index contributed by atoms with van der Waals surface area (Å²) in [5.41, 5.74) is 10.7. The molecule has 0 atom stereocenters. The first-order valence-corrected chi connectivity index (χ1v) is 17.4. The number of rotatable bonds is 5. The molecule has 4 nitrogen and oxygen atoms in total. The van der Waals surface area contributed by atoms with Crippen LogP contribution in [0.5, 0.6) is 0 Å². The summed E-state index contributed by atoms with van der Waals surface area (Å²) in [5, 5.41) is 4.59. The number of nitrogens with zero attached hydrogens (tertiary/aromatic N) is 3. The number of hydrogen-bond acceptors (Lipinski definition) is 5. The Balaban J connectivity index is 1.18. The Kier molecular flexibility index (Phi) is 6.64. The summed E-state index contributed by atoms with van der Waals surface area (Å²) in [6.07, 6.45) is 3.68. The van der Waals surface area contributed by atoms with Gasteiger partial charge in [-0.05, 0) is 65.2 Å². The van der Waals surface area contributed by atoms with E-state index in [9.17, 15) is 0 Å². The van der Waals surface area contributed by atoms with Gasteiger partial charge in [-0.2, -0.15) is 0 Å². The first-order chi connectivity index (χ1) is 24.8. The molecule has 10 aromatic rings. The fourth-order valence-electron chi connectivity index (χ4n) is 6.97. The SMILES string of the molecule is c1ccc(-c2cc(-c3ccc(-c4cccnc4)cc3)nc(-c3ccc(-c4ccc5sc6ccccc6c5c4)c4oc5ccccc5c34)n2)cc1. The van der Waals surface area contributed by atoms with Crippen molar-refractivity contribution in [3.05, 3.63) is 164 Å².